The van der Waals surface area contributed by atoms with Crippen molar-refractivity contribution in [3.05, 3.63) is 0 Å². The van der Waals surface area contributed by atoms with Crippen LogP contribution in [-0.4, -0.2) is 16.6 Å². The number of hydrogen-bond acceptors (Lipinski definition) is 2. The summed E-state index contributed by atoms with van der Waals surface area (Å²) < 4.78 is 0. The van der Waals surface area contributed by atoms with Gasteiger partial charge >= 0.3 is 0 Å². The average Bonchev–Trinajstić information content (AvgIpc) is 1.97. The van der Waals surface area contributed by atoms with Crippen LogP contribution in [0.3, 0.4) is 0 Å². The van der Waals surface area contributed by atoms with E-state index in [4.69, 9.17) is 5.73 Å². The lowest BCUT2D eigenvalue weighted by molar-refractivity contribution is -0.130. The van der Waals surface area contributed by atoms with Gasteiger partial charge in [0.2, 0.25) is 5.91 Å². The molecule has 0 aromatic heterocycles. The van der Waals surface area contributed by atoms with E-state index < -0.39 is 11.5 Å². The molecular formula is C11H23NO2. The number of primary amides is 1. The maximum absolute atomic E-state index is 10.9. The fourth-order valence-corrected chi connectivity index (χ4v) is 1.49. The predicted octanol–water partition coefficient (Wildman–Crippen LogP) is 1.83. The molecule has 1 amide bonds. The highest BCUT2D eigenvalue weighted by Gasteiger charge is 2.40. The zero-order chi connectivity index (χ0) is 11.4. The topological polar surface area (TPSA) is 63.3 Å². The van der Waals surface area contributed by atoms with Gasteiger partial charge in [-0.1, -0.05) is 40.5 Å². The van der Waals surface area contributed by atoms with Gasteiger partial charge in [-0.25, -0.2) is 0 Å². The van der Waals surface area contributed by atoms with Crippen molar-refractivity contribution in [2.24, 2.45) is 11.1 Å². The molecule has 0 aromatic carbocycles. The van der Waals surface area contributed by atoms with Crippen LogP contribution in [0.15, 0.2) is 0 Å². The highest BCUT2D eigenvalue weighted by molar-refractivity contribution is 5.75. The quantitative estimate of drug-likeness (QED) is 0.712. The zero-order valence-electron chi connectivity index (χ0n) is 9.76. The van der Waals surface area contributed by atoms with E-state index in [0.29, 0.717) is 6.42 Å². The first-order valence-corrected chi connectivity index (χ1v) is 5.23. The zero-order valence-corrected chi connectivity index (χ0v) is 9.76. The van der Waals surface area contributed by atoms with Crippen LogP contribution in [0.25, 0.3) is 0 Å². The molecule has 0 saturated heterocycles. The van der Waals surface area contributed by atoms with Gasteiger partial charge in [-0.15, -0.1) is 0 Å². The third-order valence-electron chi connectivity index (χ3n) is 2.81. The van der Waals surface area contributed by atoms with E-state index in [1.54, 1.807) is 0 Å². The number of nitrogens with two attached hydrogens (primary N) is 1. The number of unbranched alkanes of at least 4 members (excludes halogenated alkanes) is 1. The molecule has 0 aliphatic rings. The lowest BCUT2D eigenvalue weighted by atomic mass is 9.71. The van der Waals surface area contributed by atoms with Crippen molar-refractivity contribution in [3.8, 4) is 0 Å². The van der Waals surface area contributed by atoms with E-state index in [0.717, 1.165) is 12.8 Å². The van der Waals surface area contributed by atoms with Gasteiger partial charge < -0.3 is 10.8 Å². The number of aliphatic hydroxyl groups is 1. The molecule has 0 heterocycles. The molecule has 1 unspecified atom stereocenters. The molecule has 14 heavy (non-hydrogen) atoms. The van der Waals surface area contributed by atoms with Gasteiger partial charge in [-0.2, -0.15) is 0 Å². The minimum absolute atomic E-state index is 0.0521. The van der Waals surface area contributed by atoms with Crippen molar-refractivity contribution in [3.63, 3.8) is 0 Å². The second kappa shape index (κ2) is 4.78. The molecule has 0 fully saturated rings. The summed E-state index contributed by atoms with van der Waals surface area (Å²) in [6, 6.07) is 0. The largest absolute Gasteiger partial charge is 0.389 e. The summed E-state index contributed by atoms with van der Waals surface area (Å²) in [7, 11) is 0. The molecule has 1 atom stereocenters. The third kappa shape index (κ3) is 3.66. The van der Waals surface area contributed by atoms with Crippen LogP contribution in [0.1, 0.15) is 53.4 Å². The molecule has 0 saturated carbocycles. The Balaban J connectivity index is 4.58. The lowest BCUT2D eigenvalue weighted by Gasteiger charge is -2.39. The van der Waals surface area contributed by atoms with Gasteiger partial charge in [0.1, 0.15) is 0 Å². The maximum atomic E-state index is 10.9. The highest BCUT2D eigenvalue weighted by atomic mass is 16.3. The van der Waals surface area contributed by atoms with E-state index in [2.05, 4.69) is 6.92 Å². The second-order valence-electron chi connectivity index (χ2n) is 5.03. The Morgan fingerprint density at radius 3 is 2.14 bits per heavy atom. The second-order valence-corrected chi connectivity index (χ2v) is 5.03. The van der Waals surface area contributed by atoms with Crippen molar-refractivity contribution < 1.29 is 9.90 Å². The smallest absolute Gasteiger partial charge is 0.220 e. The molecule has 0 spiro atoms. The summed E-state index contributed by atoms with van der Waals surface area (Å²) in [6.45, 7) is 7.87. The molecule has 3 N–H and O–H groups in total. The molecule has 84 valence electrons. The van der Waals surface area contributed by atoms with Gasteiger partial charge in [0.25, 0.3) is 0 Å². The molecule has 0 aliphatic heterocycles. The van der Waals surface area contributed by atoms with Crippen LogP contribution in [-0.2, 0) is 4.79 Å². The van der Waals surface area contributed by atoms with Crippen molar-refractivity contribution in [2.75, 3.05) is 0 Å². The Hall–Kier alpha value is -0.570. The first-order chi connectivity index (χ1) is 6.23. The molecule has 0 radical (unpaired) electrons. The summed E-state index contributed by atoms with van der Waals surface area (Å²) in [5, 5.41) is 10.3. The van der Waals surface area contributed by atoms with E-state index in [1.165, 1.54) is 0 Å². The Morgan fingerprint density at radius 2 is 1.86 bits per heavy atom. The standard InChI is InChI=1S/C11H23NO2/c1-5-6-7-11(14,8-9(12)13)10(2,3)4/h14H,5-8H2,1-4H3,(H2,12,13). The minimum atomic E-state index is -0.963. The molecule has 0 rings (SSSR count). The van der Waals surface area contributed by atoms with Crippen molar-refractivity contribution >= 4 is 5.91 Å². The molecule has 3 nitrogen and oxygen atoms in total. The van der Waals surface area contributed by atoms with Crippen molar-refractivity contribution in [1.29, 1.82) is 0 Å². The van der Waals surface area contributed by atoms with Crippen LogP contribution >= 0.6 is 0 Å². The monoisotopic (exact) mass is 201 g/mol. The minimum Gasteiger partial charge on any atom is -0.389 e. The van der Waals surface area contributed by atoms with Crippen molar-refractivity contribution in [2.45, 2.75) is 59.0 Å². The number of carbonyl (C=O) groups excluding carboxylic acids is 1. The van der Waals surface area contributed by atoms with Gasteiger partial charge in [0.15, 0.2) is 0 Å². The van der Waals surface area contributed by atoms with Gasteiger partial charge in [0.05, 0.1) is 12.0 Å². The van der Waals surface area contributed by atoms with E-state index in [1.807, 2.05) is 20.8 Å². The lowest BCUT2D eigenvalue weighted by Crippen LogP contribution is -2.45. The summed E-state index contributed by atoms with van der Waals surface area (Å²) in [5.74, 6) is -0.432. The summed E-state index contributed by atoms with van der Waals surface area (Å²) >= 11 is 0. The molecular weight excluding hydrogens is 178 g/mol. The van der Waals surface area contributed by atoms with Crippen LogP contribution in [0.4, 0.5) is 0 Å². The first-order valence-electron chi connectivity index (χ1n) is 5.23. The highest BCUT2D eigenvalue weighted by Crippen LogP contribution is 2.37. The van der Waals surface area contributed by atoms with E-state index in [-0.39, 0.29) is 11.8 Å². The van der Waals surface area contributed by atoms with E-state index >= 15 is 0 Å². The predicted molar refractivity (Wildman–Crippen MR) is 57.7 cm³/mol. The van der Waals surface area contributed by atoms with Gasteiger partial charge in [0, 0.05) is 0 Å². The van der Waals surface area contributed by atoms with Gasteiger partial charge in [-0.05, 0) is 11.8 Å². The fourth-order valence-electron chi connectivity index (χ4n) is 1.49. The SMILES string of the molecule is CCCCC(O)(CC(N)=O)C(C)(C)C. The number of rotatable bonds is 5. The van der Waals surface area contributed by atoms with Crippen LogP contribution in [0, 0.1) is 5.41 Å². The van der Waals surface area contributed by atoms with Crippen molar-refractivity contribution in [1.82, 2.24) is 0 Å². The number of carbonyl (C=O) groups is 1. The maximum Gasteiger partial charge on any atom is 0.220 e. The summed E-state index contributed by atoms with van der Waals surface area (Å²) in [6.07, 6.45) is 2.62. The molecule has 3 heteroatoms. The molecule has 0 aromatic rings. The Morgan fingerprint density at radius 1 is 1.36 bits per heavy atom. The van der Waals surface area contributed by atoms with E-state index in [9.17, 15) is 9.90 Å². The summed E-state index contributed by atoms with van der Waals surface area (Å²) in [5.41, 5.74) is 3.88. The fraction of sp³-hybridized carbons (Fsp3) is 0.909. The Kier molecular flexibility index (Phi) is 4.59. The average molecular weight is 201 g/mol. The third-order valence-corrected chi connectivity index (χ3v) is 2.81. The van der Waals surface area contributed by atoms with Crippen LogP contribution in [0.5, 0.6) is 0 Å². The number of amides is 1. The summed E-state index contributed by atoms with van der Waals surface area (Å²) in [4.78, 5) is 10.9. The number of hydrogen-bond donors (Lipinski definition) is 2. The molecule has 0 aliphatic carbocycles. The normalized spacial score (nSPS) is 16.4. The van der Waals surface area contributed by atoms with Crippen LogP contribution < -0.4 is 5.73 Å². The molecule has 0 bridgehead atoms. The van der Waals surface area contributed by atoms with Gasteiger partial charge in [-0.3, -0.25) is 4.79 Å². The Labute approximate surface area is 86.7 Å². The Bertz CT molecular complexity index is 196. The van der Waals surface area contributed by atoms with Crippen LogP contribution in [0.2, 0.25) is 0 Å². The first kappa shape index (κ1) is 13.4.